The minimum atomic E-state index is -0.515. The Morgan fingerprint density at radius 3 is 2.61 bits per heavy atom. The van der Waals surface area contributed by atoms with Crippen molar-refractivity contribution in [3.05, 3.63) is 69.8 Å². The van der Waals surface area contributed by atoms with Gasteiger partial charge >= 0.3 is 5.69 Å². The number of ether oxygens (including phenoxy) is 2. The molecule has 3 rings (SSSR count). The second-order valence-corrected chi connectivity index (χ2v) is 7.05. The Morgan fingerprint density at radius 1 is 1.21 bits per heavy atom. The molecule has 1 aliphatic heterocycles. The number of nitro groups is 1. The highest BCUT2D eigenvalue weighted by Crippen LogP contribution is 2.34. The molecule has 1 N–H and O–H groups in total. The van der Waals surface area contributed by atoms with Crippen molar-refractivity contribution in [2.75, 3.05) is 26.4 Å². The number of benzene rings is 2. The van der Waals surface area contributed by atoms with Crippen molar-refractivity contribution in [3.8, 4) is 5.75 Å². The van der Waals surface area contributed by atoms with Gasteiger partial charge in [0.05, 0.1) is 4.92 Å². The Kier molecular flexibility index (Phi) is 6.26. The first-order valence-corrected chi connectivity index (χ1v) is 9.28. The molecule has 28 heavy (non-hydrogen) atoms. The second-order valence-electron chi connectivity index (χ2n) is 7.05. The van der Waals surface area contributed by atoms with Crippen LogP contribution in [0.25, 0.3) is 0 Å². The van der Waals surface area contributed by atoms with Gasteiger partial charge in [-0.25, -0.2) is 0 Å². The van der Waals surface area contributed by atoms with Crippen LogP contribution < -0.4 is 10.1 Å². The molecule has 0 unspecified atom stereocenters. The van der Waals surface area contributed by atoms with Crippen LogP contribution in [0.3, 0.4) is 0 Å². The molecule has 0 atom stereocenters. The van der Waals surface area contributed by atoms with Crippen molar-refractivity contribution < 1.29 is 19.2 Å². The molecule has 1 saturated heterocycles. The summed E-state index contributed by atoms with van der Waals surface area (Å²) >= 11 is 0. The van der Waals surface area contributed by atoms with E-state index in [0.29, 0.717) is 19.8 Å². The van der Waals surface area contributed by atoms with Crippen molar-refractivity contribution >= 4 is 11.6 Å². The lowest BCUT2D eigenvalue weighted by molar-refractivity contribution is -0.385. The van der Waals surface area contributed by atoms with E-state index in [1.165, 1.54) is 11.6 Å². The quantitative estimate of drug-likeness (QED) is 0.585. The van der Waals surface area contributed by atoms with Crippen LogP contribution >= 0.6 is 0 Å². The SMILES string of the molecule is Cc1ccc([N+](=O)[O-])c(OCC(=O)NCC2(c3ccccc3)CCOCC2)c1. The molecule has 1 amide bonds. The van der Waals surface area contributed by atoms with Gasteiger partial charge in [0.2, 0.25) is 0 Å². The zero-order chi connectivity index (χ0) is 20.0. The van der Waals surface area contributed by atoms with E-state index in [-0.39, 0.29) is 29.4 Å². The number of aryl methyl sites for hydroxylation is 1. The summed E-state index contributed by atoms with van der Waals surface area (Å²) in [5.74, 6) is -0.207. The first kappa shape index (κ1) is 19.8. The molecule has 1 aliphatic rings. The predicted molar refractivity (Wildman–Crippen MR) is 105 cm³/mol. The van der Waals surface area contributed by atoms with Crippen LogP contribution in [0.1, 0.15) is 24.0 Å². The van der Waals surface area contributed by atoms with Crippen LogP contribution in [0.4, 0.5) is 5.69 Å². The molecule has 0 radical (unpaired) electrons. The number of nitrogens with zero attached hydrogens (tertiary/aromatic N) is 1. The summed E-state index contributed by atoms with van der Waals surface area (Å²) in [6.07, 6.45) is 1.64. The summed E-state index contributed by atoms with van der Waals surface area (Å²) in [6.45, 7) is 3.31. The lowest BCUT2D eigenvalue weighted by atomic mass is 9.74. The first-order valence-electron chi connectivity index (χ1n) is 9.28. The molecule has 0 bridgehead atoms. The predicted octanol–water partition coefficient (Wildman–Crippen LogP) is 3.15. The number of nitro benzene ring substituents is 1. The van der Waals surface area contributed by atoms with Crippen LogP contribution in [0.2, 0.25) is 0 Å². The lowest BCUT2D eigenvalue weighted by Crippen LogP contribution is -2.45. The summed E-state index contributed by atoms with van der Waals surface area (Å²) in [7, 11) is 0. The summed E-state index contributed by atoms with van der Waals surface area (Å²) in [5.41, 5.74) is 1.67. The van der Waals surface area contributed by atoms with Crippen molar-refractivity contribution in [1.82, 2.24) is 5.32 Å². The molecular weight excluding hydrogens is 360 g/mol. The summed E-state index contributed by atoms with van der Waals surface area (Å²) in [6, 6.07) is 14.7. The maximum Gasteiger partial charge on any atom is 0.310 e. The molecule has 0 aromatic heterocycles. The van der Waals surface area contributed by atoms with Gasteiger partial charge < -0.3 is 14.8 Å². The number of hydrogen-bond acceptors (Lipinski definition) is 5. The van der Waals surface area contributed by atoms with Crippen molar-refractivity contribution in [2.45, 2.75) is 25.2 Å². The number of amides is 1. The minimum Gasteiger partial charge on any atom is -0.477 e. The lowest BCUT2D eigenvalue weighted by Gasteiger charge is -2.38. The largest absolute Gasteiger partial charge is 0.477 e. The topological polar surface area (TPSA) is 90.7 Å². The number of hydrogen-bond donors (Lipinski definition) is 1. The van der Waals surface area contributed by atoms with Crippen LogP contribution in [0, 0.1) is 17.0 Å². The van der Waals surface area contributed by atoms with E-state index >= 15 is 0 Å². The smallest absolute Gasteiger partial charge is 0.310 e. The van der Waals surface area contributed by atoms with Gasteiger partial charge in [0.25, 0.3) is 5.91 Å². The van der Waals surface area contributed by atoms with Gasteiger partial charge in [-0.1, -0.05) is 36.4 Å². The normalized spacial score (nSPS) is 15.6. The van der Waals surface area contributed by atoms with Crippen LogP contribution in [0.5, 0.6) is 5.75 Å². The minimum absolute atomic E-state index is 0.101. The van der Waals surface area contributed by atoms with E-state index in [0.717, 1.165) is 18.4 Å². The Hall–Kier alpha value is -2.93. The van der Waals surface area contributed by atoms with E-state index in [4.69, 9.17) is 9.47 Å². The van der Waals surface area contributed by atoms with Crippen molar-refractivity contribution in [2.24, 2.45) is 0 Å². The third-order valence-corrected chi connectivity index (χ3v) is 5.13. The molecule has 7 heteroatoms. The molecule has 7 nitrogen and oxygen atoms in total. The first-order chi connectivity index (χ1) is 13.5. The molecule has 1 fully saturated rings. The summed E-state index contributed by atoms with van der Waals surface area (Å²) < 4.78 is 10.9. The van der Waals surface area contributed by atoms with Crippen LogP contribution in [0.15, 0.2) is 48.5 Å². The summed E-state index contributed by atoms with van der Waals surface area (Å²) in [5, 5.41) is 14.1. The molecule has 148 valence electrons. The maximum absolute atomic E-state index is 12.4. The average Bonchev–Trinajstić information content (AvgIpc) is 2.72. The fraction of sp³-hybridized carbons (Fsp3) is 0.381. The zero-order valence-corrected chi connectivity index (χ0v) is 15.8. The van der Waals surface area contributed by atoms with Crippen molar-refractivity contribution in [1.29, 1.82) is 0 Å². The molecule has 2 aromatic carbocycles. The van der Waals surface area contributed by atoms with Gasteiger partial charge in [0.1, 0.15) is 0 Å². The van der Waals surface area contributed by atoms with Crippen LogP contribution in [-0.4, -0.2) is 37.2 Å². The zero-order valence-electron chi connectivity index (χ0n) is 15.8. The van der Waals surface area contributed by atoms with Gasteiger partial charge in [-0.05, 0) is 37.0 Å². The highest BCUT2D eigenvalue weighted by molar-refractivity contribution is 5.77. The molecule has 1 heterocycles. The third kappa shape index (κ3) is 4.67. The Morgan fingerprint density at radius 2 is 1.93 bits per heavy atom. The second kappa shape index (κ2) is 8.84. The van der Waals surface area contributed by atoms with Gasteiger partial charge in [0.15, 0.2) is 12.4 Å². The standard InChI is InChI=1S/C21H24N2O5/c1-16-7-8-18(23(25)26)19(13-16)28-14-20(24)22-15-21(9-11-27-12-10-21)17-5-3-2-4-6-17/h2-8,13H,9-12,14-15H2,1H3,(H,22,24). The summed E-state index contributed by atoms with van der Waals surface area (Å²) in [4.78, 5) is 23.0. The maximum atomic E-state index is 12.4. The molecular formula is C21H24N2O5. The highest BCUT2D eigenvalue weighted by Gasteiger charge is 2.34. The highest BCUT2D eigenvalue weighted by atomic mass is 16.6. The number of carbonyl (C=O) groups is 1. The Bertz CT molecular complexity index is 832. The van der Waals surface area contributed by atoms with Gasteiger partial charge in [0, 0.05) is 31.2 Å². The third-order valence-electron chi connectivity index (χ3n) is 5.13. The van der Waals surface area contributed by atoms with Gasteiger partial charge in [-0.2, -0.15) is 0 Å². The van der Waals surface area contributed by atoms with Crippen LogP contribution in [-0.2, 0) is 14.9 Å². The molecule has 2 aromatic rings. The monoisotopic (exact) mass is 384 g/mol. The number of nitrogens with one attached hydrogen (secondary N) is 1. The van der Waals surface area contributed by atoms with Gasteiger partial charge in [-0.15, -0.1) is 0 Å². The fourth-order valence-corrected chi connectivity index (χ4v) is 3.47. The Balaban J connectivity index is 1.63. The van der Waals surface area contributed by atoms with Gasteiger partial charge in [-0.3, -0.25) is 14.9 Å². The van der Waals surface area contributed by atoms with E-state index in [1.807, 2.05) is 25.1 Å². The molecule has 0 saturated carbocycles. The molecule has 0 spiro atoms. The van der Waals surface area contributed by atoms with E-state index < -0.39 is 4.92 Å². The van der Waals surface area contributed by atoms with E-state index in [9.17, 15) is 14.9 Å². The fourth-order valence-electron chi connectivity index (χ4n) is 3.47. The average molecular weight is 384 g/mol. The Labute approximate surface area is 163 Å². The van der Waals surface area contributed by atoms with E-state index in [1.54, 1.807) is 12.1 Å². The van der Waals surface area contributed by atoms with E-state index in [2.05, 4.69) is 17.4 Å². The molecule has 0 aliphatic carbocycles. The number of rotatable bonds is 7. The number of carbonyl (C=O) groups excluding carboxylic acids is 1. The van der Waals surface area contributed by atoms with Crippen molar-refractivity contribution in [3.63, 3.8) is 0 Å².